The van der Waals surface area contributed by atoms with Gasteiger partial charge in [0, 0.05) is 24.1 Å². The zero-order valence-corrected chi connectivity index (χ0v) is 14.4. The average Bonchev–Trinajstić information content (AvgIpc) is 2.60. The number of rotatable bonds is 6. The molecule has 2 rings (SSSR count). The topological polar surface area (TPSA) is 91.8 Å². The van der Waals surface area contributed by atoms with E-state index in [0.29, 0.717) is 17.9 Å². The molecule has 1 fully saturated rings. The molecule has 0 bridgehead atoms. The lowest BCUT2D eigenvalue weighted by atomic mass is 9.86. The summed E-state index contributed by atoms with van der Waals surface area (Å²) in [5.41, 5.74) is 2.51. The van der Waals surface area contributed by atoms with E-state index < -0.39 is 5.91 Å². The van der Waals surface area contributed by atoms with Crippen molar-refractivity contribution in [2.45, 2.75) is 32.1 Å². The maximum absolute atomic E-state index is 12.6. The third-order valence-electron chi connectivity index (χ3n) is 4.65. The van der Waals surface area contributed by atoms with E-state index in [1.165, 1.54) is 13.3 Å². The second-order valence-corrected chi connectivity index (χ2v) is 6.41. The lowest BCUT2D eigenvalue weighted by molar-refractivity contribution is -0.124. The van der Waals surface area contributed by atoms with Crippen molar-refractivity contribution in [3.63, 3.8) is 0 Å². The molecule has 2 heterocycles. The van der Waals surface area contributed by atoms with Crippen LogP contribution in [0.15, 0.2) is 12.3 Å². The number of hydroxylamine groups is 1. The number of ether oxygens (including phenoxy) is 1. The van der Waals surface area contributed by atoms with Gasteiger partial charge in [0.1, 0.15) is 5.78 Å². The number of amides is 1. The summed E-state index contributed by atoms with van der Waals surface area (Å²) in [5.74, 6) is -0.0133. The van der Waals surface area contributed by atoms with Gasteiger partial charge in [-0.2, -0.15) is 0 Å². The van der Waals surface area contributed by atoms with Crippen LogP contribution in [0.3, 0.4) is 0 Å². The number of likely N-dealkylation sites (tertiary alicyclic amines) is 1. The van der Waals surface area contributed by atoms with Crippen molar-refractivity contribution in [3.05, 3.63) is 23.4 Å². The molecular formula is C17H25N3O4. The Labute approximate surface area is 142 Å². The number of hydrogen-bond acceptors (Lipinski definition) is 6. The number of pyridine rings is 1. The first-order valence-corrected chi connectivity index (χ1v) is 8.15. The summed E-state index contributed by atoms with van der Waals surface area (Å²) in [5, 5.41) is 8.76. The number of nitrogens with zero attached hydrogens (tertiary/aromatic N) is 2. The van der Waals surface area contributed by atoms with Gasteiger partial charge in [0.05, 0.1) is 12.7 Å². The highest BCUT2D eigenvalue weighted by Crippen LogP contribution is 2.30. The summed E-state index contributed by atoms with van der Waals surface area (Å²) in [6.07, 6.45) is 3.50. The number of methoxy groups -OCH3 is 1. The number of carbonyl (C=O) groups excluding carboxylic acids is 2. The first-order chi connectivity index (χ1) is 11.5. The SMILES string of the molecule is COc1ncc(C(=O)NO)cc1[C@H](C)CC(=O)C1CCN(C)CC1. The van der Waals surface area contributed by atoms with E-state index in [4.69, 9.17) is 9.94 Å². The minimum atomic E-state index is -0.639. The highest BCUT2D eigenvalue weighted by molar-refractivity contribution is 5.93. The number of hydrogen-bond donors (Lipinski definition) is 2. The molecular weight excluding hydrogens is 310 g/mol. The van der Waals surface area contributed by atoms with Gasteiger partial charge in [0.2, 0.25) is 5.88 Å². The van der Waals surface area contributed by atoms with Crippen LogP contribution in [0.25, 0.3) is 0 Å². The van der Waals surface area contributed by atoms with Gasteiger partial charge in [0.15, 0.2) is 0 Å². The molecule has 1 saturated heterocycles. The number of carbonyl (C=O) groups is 2. The van der Waals surface area contributed by atoms with Crippen molar-refractivity contribution in [1.29, 1.82) is 0 Å². The summed E-state index contributed by atoms with van der Waals surface area (Å²) in [4.78, 5) is 30.5. The molecule has 1 aliphatic rings. The van der Waals surface area contributed by atoms with Gasteiger partial charge in [-0.15, -0.1) is 0 Å². The van der Waals surface area contributed by atoms with Gasteiger partial charge < -0.3 is 9.64 Å². The van der Waals surface area contributed by atoms with Gasteiger partial charge in [-0.25, -0.2) is 10.5 Å². The predicted molar refractivity (Wildman–Crippen MR) is 88.3 cm³/mol. The normalized spacial score (nSPS) is 17.3. The van der Waals surface area contributed by atoms with Gasteiger partial charge in [-0.3, -0.25) is 14.8 Å². The van der Waals surface area contributed by atoms with E-state index in [1.54, 1.807) is 11.5 Å². The van der Waals surface area contributed by atoms with E-state index in [1.807, 2.05) is 6.92 Å². The zero-order valence-electron chi connectivity index (χ0n) is 14.4. The Hall–Kier alpha value is -1.99. The Morgan fingerprint density at radius 2 is 2.12 bits per heavy atom. The molecule has 1 aliphatic heterocycles. The molecule has 0 radical (unpaired) electrons. The molecule has 7 heteroatoms. The lowest BCUT2D eigenvalue weighted by Gasteiger charge is -2.28. The van der Waals surface area contributed by atoms with Gasteiger partial charge in [-0.05, 0) is 45.0 Å². The Morgan fingerprint density at radius 3 is 2.71 bits per heavy atom. The van der Waals surface area contributed by atoms with Crippen molar-refractivity contribution in [2.75, 3.05) is 27.2 Å². The van der Waals surface area contributed by atoms with Crippen LogP contribution in [0.2, 0.25) is 0 Å². The molecule has 0 aliphatic carbocycles. The molecule has 0 aromatic carbocycles. The third-order valence-corrected chi connectivity index (χ3v) is 4.65. The molecule has 2 N–H and O–H groups in total. The Bertz CT molecular complexity index is 597. The number of ketones is 1. The van der Waals surface area contributed by atoms with Crippen molar-refractivity contribution < 1.29 is 19.5 Å². The first kappa shape index (κ1) is 18.4. The molecule has 0 saturated carbocycles. The minimum Gasteiger partial charge on any atom is -0.481 e. The fourth-order valence-electron chi connectivity index (χ4n) is 3.09. The summed E-state index contributed by atoms with van der Waals surface area (Å²) in [6, 6.07) is 1.62. The molecule has 1 aromatic heterocycles. The van der Waals surface area contributed by atoms with Crippen LogP contribution in [0.4, 0.5) is 0 Å². The molecule has 24 heavy (non-hydrogen) atoms. The number of nitrogens with one attached hydrogen (secondary N) is 1. The van der Waals surface area contributed by atoms with E-state index in [2.05, 4.69) is 16.9 Å². The number of piperidine rings is 1. The van der Waals surface area contributed by atoms with Crippen molar-refractivity contribution in [3.8, 4) is 5.88 Å². The molecule has 132 valence electrons. The van der Waals surface area contributed by atoms with Crippen LogP contribution in [0, 0.1) is 5.92 Å². The highest BCUT2D eigenvalue weighted by atomic mass is 16.5. The van der Waals surface area contributed by atoms with Gasteiger partial charge in [0.25, 0.3) is 5.91 Å². The van der Waals surface area contributed by atoms with Crippen LogP contribution in [0.1, 0.15) is 48.0 Å². The van der Waals surface area contributed by atoms with Crippen molar-refractivity contribution in [2.24, 2.45) is 5.92 Å². The molecule has 1 amide bonds. The van der Waals surface area contributed by atoms with E-state index in [9.17, 15) is 9.59 Å². The van der Waals surface area contributed by atoms with Crippen LogP contribution in [-0.2, 0) is 4.79 Å². The molecule has 1 aromatic rings. The monoisotopic (exact) mass is 335 g/mol. The van der Waals surface area contributed by atoms with E-state index in [-0.39, 0.29) is 23.2 Å². The second-order valence-electron chi connectivity index (χ2n) is 6.41. The minimum absolute atomic E-state index is 0.103. The quantitative estimate of drug-likeness (QED) is 0.606. The summed E-state index contributed by atoms with van der Waals surface area (Å²) < 4.78 is 5.25. The summed E-state index contributed by atoms with van der Waals surface area (Å²) in [7, 11) is 3.57. The first-order valence-electron chi connectivity index (χ1n) is 8.15. The second kappa shape index (κ2) is 8.21. The third kappa shape index (κ3) is 4.30. The fraction of sp³-hybridized carbons (Fsp3) is 0.588. The van der Waals surface area contributed by atoms with Crippen LogP contribution in [-0.4, -0.2) is 54.0 Å². The smallest absolute Gasteiger partial charge is 0.276 e. The molecule has 1 atom stereocenters. The number of aromatic nitrogens is 1. The molecule has 7 nitrogen and oxygen atoms in total. The van der Waals surface area contributed by atoms with Crippen molar-refractivity contribution >= 4 is 11.7 Å². The van der Waals surface area contributed by atoms with Gasteiger partial charge >= 0.3 is 0 Å². The fourth-order valence-corrected chi connectivity index (χ4v) is 3.09. The highest BCUT2D eigenvalue weighted by Gasteiger charge is 2.26. The standard InChI is InChI=1S/C17H25N3O4/c1-11(8-15(21)12-4-6-20(2)7-5-12)14-9-13(16(22)19-23)10-18-17(14)24-3/h9-12,23H,4-8H2,1-3H3,(H,19,22)/t11-/m1/s1. The zero-order chi connectivity index (χ0) is 17.7. The van der Waals surface area contributed by atoms with Crippen LogP contribution in [0.5, 0.6) is 5.88 Å². The predicted octanol–water partition coefficient (Wildman–Crippen LogP) is 1.61. The lowest BCUT2D eigenvalue weighted by Crippen LogP contribution is -2.33. The summed E-state index contributed by atoms with van der Waals surface area (Å²) >= 11 is 0. The maximum Gasteiger partial charge on any atom is 0.276 e. The largest absolute Gasteiger partial charge is 0.481 e. The maximum atomic E-state index is 12.6. The van der Waals surface area contributed by atoms with Gasteiger partial charge in [-0.1, -0.05) is 6.92 Å². The summed E-state index contributed by atoms with van der Waals surface area (Å²) in [6.45, 7) is 3.82. The number of Topliss-reactive ketones (excluding diaryl/α,β-unsaturated/α-hetero) is 1. The van der Waals surface area contributed by atoms with Crippen LogP contribution >= 0.6 is 0 Å². The van der Waals surface area contributed by atoms with Crippen molar-refractivity contribution in [1.82, 2.24) is 15.4 Å². The van der Waals surface area contributed by atoms with E-state index >= 15 is 0 Å². The Kier molecular flexibility index (Phi) is 6.28. The average molecular weight is 335 g/mol. The Morgan fingerprint density at radius 1 is 1.46 bits per heavy atom. The van der Waals surface area contributed by atoms with Crippen LogP contribution < -0.4 is 10.2 Å². The molecule has 0 unspecified atom stereocenters. The molecule has 0 spiro atoms. The van der Waals surface area contributed by atoms with E-state index in [0.717, 1.165) is 25.9 Å². The Balaban J connectivity index is 2.11.